The lowest BCUT2D eigenvalue weighted by molar-refractivity contribution is 0.0273. The second kappa shape index (κ2) is 10.8. The summed E-state index contributed by atoms with van der Waals surface area (Å²) < 4.78 is 16.8. The average molecular weight is 493 g/mol. The monoisotopic (exact) mass is 492 g/mol. The first-order valence-corrected chi connectivity index (χ1v) is 12.2. The number of morpholine rings is 1. The second-order valence-corrected chi connectivity index (χ2v) is 9.44. The van der Waals surface area contributed by atoms with Gasteiger partial charge in [-0.1, -0.05) is 22.3 Å². The van der Waals surface area contributed by atoms with Crippen molar-refractivity contribution in [2.75, 3.05) is 56.2 Å². The number of amides is 1. The number of rotatable bonds is 7. The summed E-state index contributed by atoms with van der Waals surface area (Å²) in [5, 5.41) is 15.0. The number of halogens is 1. The molecule has 2 fully saturated rings. The highest BCUT2D eigenvalue weighted by molar-refractivity contribution is 6.17. The van der Waals surface area contributed by atoms with Crippen LogP contribution in [0.3, 0.4) is 0 Å². The fourth-order valence-electron chi connectivity index (χ4n) is 4.32. The molecule has 1 aromatic carbocycles. The third-order valence-corrected chi connectivity index (χ3v) is 6.37. The molecule has 0 spiro atoms. The van der Waals surface area contributed by atoms with E-state index in [0.29, 0.717) is 63.7 Å². The Labute approximate surface area is 204 Å². The molecule has 2 aliphatic heterocycles. The van der Waals surface area contributed by atoms with Gasteiger partial charge in [0.05, 0.1) is 24.9 Å². The number of piperazine rings is 1. The number of carbonyl (C=O) groups excluding carboxylic acids is 1. The summed E-state index contributed by atoms with van der Waals surface area (Å²) in [6, 6.07) is 6.76. The van der Waals surface area contributed by atoms with Gasteiger partial charge in [-0.15, -0.1) is 11.6 Å². The van der Waals surface area contributed by atoms with Crippen molar-refractivity contribution < 1.29 is 18.7 Å². The van der Waals surface area contributed by atoms with Crippen LogP contribution >= 0.6 is 11.6 Å². The number of benzene rings is 1. The number of alkyl halides is 1. The van der Waals surface area contributed by atoms with Gasteiger partial charge in [-0.05, 0) is 44.4 Å². The zero-order chi connectivity index (χ0) is 24.1. The lowest BCUT2D eigenvalue weighted by Crippen LogP contribution is -2.62. The van der Waals surface area contributed by atoms with Crippen LogP contribution in [0.2, 0.25) is 0 Å². The number of ether oxygens (including phenoxy) is 2. The molecule has 2 saturated heterocycles. The van der Waals surface area contributed by atoms with Crippen LogP contribution in [0.4, 0.5) is 22.5 Å². The van der Waals surface area contributed by atoms with E-state index in [1.807, 2.05) is 35.8 Å². The molecule has 4 rings (SSSR count). The minimum absolute atomic E-state index is 0.179. The highest BCUT2D eigenvalue weighted by atomic mass is 35.5. The predicted molar refractivity (Wildman–Crippen MR) is 130 cm³/mol. The first-order chi connectivity index (χ1) is 16.4. The van der Waals surface area contributed by atoms with E-state index in [2.05, 4.69) is 33.8 Å². The summed E-state index contributed by atoms with van der Waals surface area (Å²) in [6.45, 7) is 10.4. The van der Waals surface area contributed by atoms with Gasteiger partial charge in [0.15, 0.2) is 0 Å². The number of anilines is 3. The van der Waals surface area contributed by atoms with Crippen molar-refractivity contribution in [2.45, 2.75) is 44.7 Å². The van der Waals surface area contributed by atoms with Crippen LogP contribution in [0.1, 0.15) is 31.9 Å². The highest BCUT2D eigenvalue weighted by Gasteiger charge is 2.39. The van der Waals surface area contributed by atoms with Crippen LogP contribution in [0.25, 0.3) is 0 Å². The molecule has 2 aromatic rings. The molecule has 11 heteroatoms. The van der Waals surface area contributed by atoms with Gasteiger partial charge in [0.1, 0.15) is 0 Å². The van der Waals surface area contributed by atoms with Gasteiger partial charge in [-0.3, -0.25) is 4.90 Å². The Morgan fingerprint density at radius 3 is 2.82 bits per heavy atom. The number of carbonyl (C=O) groups is 1. The van der Waals surface area contributed by atoms with Crippen molar-refractivity contribution >= 4 is 35.4 Å². The maximum Gasteiger partial charge on any atom is 0.410 e. The van der Waals surface area contributed by atoms with E-state index in [4.69, 9.17) is 25.5 Å². The molecule has 10 nitrogen and oxygen atoms in total. The molecule has 186 valence electrons. The fraction of sp³-hybridized carbons (Fsp3) is 0.609. The lowest BCUT2D eigenvalue weighted by atomic mass is 9.88. The van der Waals surface area contributed by atoms with Gasteiger partial charge in [-0.25, -0.2) is 4.79 Å². The van der Waals surface area contributed by atoms with Crippen molar-refractivity contribution in [1.29, 1.82) is 0 Å². The fourth-order valence-corrected chi connectivity index (χ4v) is 4.49. The van der Waals surface area contributed by atoms with Crippen LogP contribution in [0, 0.1) is 0 Å². The molecule has 2 aliphatic rings. The van der Waals surface area contributed by atoms with Crippen molar-refractivity contribution in [3.05, 3.63) is 29.3 Å². The highest BCUT2D eigenvalue weighted by Crippen LogP contribution is 2.31. The van der Waals surface area contributed by atoms with Crippen LogP contribution in [-0.2, 0) is 21.8 Å². The molecular weight excluding hydrogens is 460 g/mol. The Balaban J connectivity index is 1.56. The van der Waals surface area contributed by atoms with E-state index < -0.39 is 5.54 Å². The normalized spacial score (nSPS) is 21.1. The summed E-state index contributed by atoms with van der Waals surface area (Å²) in [7, 11) is 0. The Kier molecular flexibility index (Phi) is 7.80. The number of hydrogen-bond acceptors (Lipinski definition) is 9. The van der Waals surface area contributed by atoms with E-state index >= 15 is 0 Å². The van der Waals surface area contributed by atoms with Crippen molar-refractivity contribution in [2.24, 2.45) is 0 Å². The standard InChI is InChI=1S/C23H33ClN6O4/c1-16(2)33-22(31)30-7-6-25-15-23(30,3)13-18-12-17(14-24)4-5-19(18)26-20-27-28-21(34-20)29-8-10-32-11-9-29/h4-5,12,16,25H,6-11,13-15H2,1-3H3,(H,26,27)/t23-/m0/s1. The van der Waals surface area contributed by atoms with Gasteiger partial charge in [-0.2, -0.15) is 0 Å². The van der Waals surface area contributed by atoms with E-state index in [9.17, 15) is 4.79 Å². The van der Waals surface area contributed by atoms with Crippen LogP contribution in [0.15, 0.2) is 22.6 Å². The minimum Gasteiger partial charge on any atom is -0.447 e. The van der Waals surface area contributed by atoms with Crippen LogP contribution in [0.5, 0.6) is 0 Å². The summed E-state index contributed by atoms with van der Waals surface area (Å²) in [6.07, 6.45) is 0.112. The summed E-state index contributed by atoms with van der Waals surface area (Å²) in [5.74, 6) is 0.392. The number of aromatic nitrogens is 2. The zero-order valence-electron chi connectivity index (χ0n) is 20.0. The molecular formula is C23H33ClN6O4. The molecule has 3 heterocycles. The molecule has 0 radical (unpaired) electrons. The van der Waals surface area contributed by atoms with Gasteiger partial charge >= 0.3 is 18.1 Å². The van der Waals surface area contributed by atoms with Gasteiger partial charge in [0.25, 0.3) is 0 Å². The Morgan fingerprint density at radius 2 is 2.09 bits per heavy atom. The summed E-state index contributed by atoms with van der Waals surface area (Å²) >= 11 is 6.14. The Morgan fingerprint density at radius 1 is 1.29 bits per heavy atom. The van der Waals surface area contributed by atoms with Crippen molar-refractivity contribution in [3.8, 4) is 0 Å². The van der Waals surface area contributed by atoms with E-state index in [-0.39, 0.29) is 12.2 Å². The maximum absolute atomic E-state index is 12.9. The lowest BCUT2D eigenvalue weighted by Gasteiger charge is -2.45. The smallest absolute Gasteiger partial charge is 0.410 e. The van der Waals surface area contributed by atoms with Gasteiger partial charge < -0.3 is 29.4 Å². The Bertz CT molecular complexity index is 980. The molecule has 0 saturated carbocycles. The molecule has 1 atom stereocenters. The van der Waals surface area contributed by atoms with Crippen LogP contribution < -0.4 is 15.5 Å². The molecule has 1 amide bonds. The molecule has 1 aromatic heterocycles. The SMILES string of the molecule is CC(C)OC(=O)N1CCNC[C@]1(C)Cc1cc(CCl)ccc1Nc1nnc(N2CCOCC2)o1. The predicted octanol–water partition coefficient (Wildman–Crippen LogP) is 3.14. The third kappa shape index (κ3) is 5.73. The number of nitrogens with one attached hydrogen (secondary N) is 2. The average Bonchev–Trinajstić information content (AvgIpc) is 3.29. The van der Waals surface area contributed by atoms with E-state index in [0.717, 1.165) is 23.4 Å². The largest absolute Gasteiger partial charge is 0.447 e. The molecule has 0 aliphatic carbocycles. The Hall–Kier alpha value is -2.56. The van der Waals surface area contributed by atoms with E-state index in [1.54, 1.807) is 0 Å². The first kappa shape index (κ1) is 24.6. The molecule has 2 N–H and O–H groups in total. The maximum atomic E-state index is 12.9. The minimum atomic E-state index is -0.487. The first-order valence-electron chi connectivity index (χ1n) is 11.7. The third-order valence-electron chi connectivity index (χ3n) is 6.06. The zero-order valence-corrected chi connectivity index (χ0v) is 20.7. The van der Waals surface area contributed by atoms with E-state index in [1.165, 1.54) is 0 Å². The van der Waals surface area contributed by atoms with Gasteiger partial charge in [0.2, 0.25) is 0 Å². The summed E-state index contributed by atoms with van der Waals surface area (Å²) in [5.41, 5.74) is 2.33. The molecule has 0 unspecified atom stereocenters. The van der Waals surface area contributed by atoms with Gasteiger partial charge in [0, 0.05) is 44.3 Å². The van der Waals surface area contributed by atoms with Crippen molar-refractivity contribution in [3.63, 3.8) is 0 Å². The quantitative estimate of drug-likeness (QED) is 0.564. The number of nitrogens with zero attached hydrogens (tertiary/aromatic N) is 4. The number of hydrogen-bond donors (Lipinski definition) is 2. The second-order valence-electron chi connectivity index (χ2n) is 9.17. The topological polar surface area (TPSA) is 105 Å². The van der Waals surface area contributed by atoms with Crippen LogP contribution in [-0.4, -0.2) is 78.8 Å². The molecule has 0 bridgehead atoms. The van der Waals surface area contributed by atoms with Crippen molar-refractivity contribution in [1.82, 2.24) is 20.4 Å². The summed E-state index contributed by atoms with van der Waals surface area (Å²) in [4.78, 5) is 16.7. The molecule has 34 heavy (non-hydrogen) atoms.